The molecular formula is C22H24N4NiO2. The second-order valence-corrected chi connectivity index (χ2v) is 6.57. The third-order valence-electron chi connectivity index (χ3n) is 4.36. The Kier molecular flexibility index (Phi) is 7.24. The molecule has 3 aromatic rings. The first kappa shape index (κ1) is 22.2. The molecule has 3 rings (SSSR count). The normalized spacial score (nSPS) is 12.8. The average molecular weight is 435 g/mol. The Hall–Kier alpha value is -3.05. The molecule has 0 aliphatic carbocycles. The number of phenolic OH excluding ortho intramolecular Hbond substituents is 1. The van der Waals surface area contributed by atoms with Crippen LogP contribution >= 0.6 is 0 Å². The monoisotopic (exact) mass is 434 g/mol. The van der Waals surface area contributed by atoms with Gasteiger partial charge in [-0.15, -0.1) is 0 Å². The van der Waals surface area contributed by atoms with Crippen LogP contribution in [0.25, 0.3) is 5.69 Å². The summed E-state index contributed by atoms with van der Waals surface area (Å²) in [6.45, 7) is 5.39. The number of hydrogen-bond acceptors (Lipinski definition) is 4. The number of aromatic nitrogens is 2. The van der Waals surface area contributed by atoms with Crippen LogP contribution in [0.3, 0.4) is 0 Å². The molecule has 1 heterocycles. The predicted octanol–water partition coefficient (Wildman–Crippen LogP) is 4.61. The molecule has 1 aromatic heterocycles. The molecule has 0 radical (unpaired) electrons. The van der Waals surface area contributed by atoms with Crippen molar-refractivity contribution in [2.45, 2.75) is 20.8 Å². The number of para-hydroxylation sites is 3. The number of nitrogens with zero attached hydrogens (tertiary/aromatic N) is 4. The number of aromatic hydroxyl groups is 1. The van der Waals surface area contributed by atoms with Crippen molar-refractivity contribution in [2.24, 2.45) is 17.0 Å². The molecule has 0 saturated carbocycles. The fraction of sp³-hybridized carbons (Fsp3) is 0.182. The van der Waals surface area contributed by atoms with E-state index in [1.165, 1.54) is 0 Å². The van der Waals surface area contributed by atoms with Crippen LogP contribution in [0.4, 0.5) is 11.4 Å². The summed E-state index contributed by atoms with van der Waals surface area (Å²) < 4.78 is 3.92. The zero-order chi connectivity index (χ0) is 20.3. The number of hydrogen-bond donors (Lipinski definition) is 2. The van der Waals surface area contributed by atoms with Gasteiger partial charge in [0.15, 0.2) is 5.49 Å². The predicted molar refractivity (Wildman–Crippen MR) is 112 cm³/mol. The smallest absolute Gasteiger partial charge is 0.180 e. The summed E-state index contributed by atoms with van der Waals surface area (Å²) in [5, 5.41) is 19.8. The number of allylic oxidation sites excluding steroid dienone is 2. The first-order valence-corrected chi connectivity index (χ1v) is 8.98. The van der Waals surface area contributed by atoms with E-state index < -0.39 is 0 Å². The van der Waals surface area contributed by atoms with Crippen molar-refractivity contribution in [3.63, 3.8) is 0 Å². The van der Waals surface area contributed by atoms with E-state index in [1.807, 2.05) is 66.7 Å². The Morgan fingerprint density at radius 3 is 2.24 bits per heavy atom. The maximum atomic E-state index is 10.2. The number of benzene rings is 2. The summed E-state index contributed by atoms with van der Waals surface area (Å²) in [5.41, 5.74) is 4.21. The van der Waals surface area contributed by atoms with Crippen LogP contribution < -0.4 is 5.49 Å². The van der Waals surface area contributed by atoms with Gasteiger partial charge in [0.05, 0.1) is 17.1 Å². The van der Waals surface area contributed by atoms with Crippen LogP contribution in [0, 0.1) is 6.92 Å². The van der Waals surface area contributed by atoms with E-state index >= 15 is 0 Å². The summed E-state index contributed by atoms with van der Waals surface area (Å²) in [7, 11) is 1.94. The van der Waals surface area contributed by atoms with Gasteiger partial charge in [-0.05, 0) is 51.1 Å². The molecule has 6 nitrogen and oxygen atoms in total. The van der Waals surface area contributed by atoms with Crippen molar-refractivity contribution in [3.05, 3.63) is 77.6 Å². The average Bonchev–Trinajstić information content (AvgIpc) is 2.88. The Morgan fingerprint density at radius 2 is 1.62 bits per heavy atom. The maximum Gasteiger partial charge on any atom is 0.180 e. The minimum absolute atomic E-state index is 0. The molecule has 0 unspecified atom stereocenters. The van der Waals surface area contributed by atoms with Gasteiger partial charge >= 0.3 is 0 Å². The van der Waals surface area contributed by atoms with Crippen LogP contribution in [0.1, 0.15) is 19.5 Å². The Balaban J connectivity index is 0.00000300. The molecule has 0 spiro atoms. The summed E-state index contributed by atoms with van der Waals surface area (Å²) in [6, 6.07) is 16.8. The Bertz CT molecular complexity index is 1120. The standard InChI is InChI=1S/C22H24N4O2.Ni/c1-15(14-16(2)27)23-21-17(3)25(4)26(18-10-6-5-7-11-18)22(21)24-19-12-8-9-13-20(19)28;/h5-14,27-28H,1-4H3;/b16-14-,23-15?,24-22?;. The summed E-state index contributed by atoms with van der Waals surface area (Å²) in [6.07, 6.45) is 1.60. The van der Waals surface area contributed by atoms with Gasteiger partial charge in [0.1, 0.15) is 17.1 Å². The zero-order valence-electron chi connectivity index (χ0n) is 16.8. The fourth-order valence-corrected chi connectivity index (χ4v) is 2.99. The van der Waals surface area contributed by atoms with Crippen molar-refractivity contribution in [2.75, 3.05) is 0 Å². The van der Waals surface area contributed by atoms with Crippen LogP contribution in [0.5, 0.6) is 5.75 Å². The summed E-state index contributed by atoms with van der Waals surface area (Å²) >= 11 is 0. The molecule has 0 bridgehead atoms. The van der Waals surface area contributed by atoms with Gasteiger partial charge in [0, 0.05) is 29.3 Å². The van der Waals surface area contributed by atoms with Gasteiger partial charge in [-0.2, -0.15) is 0 Å². The van der Waals surface area contributed by atoms with Gasteiger partial charge in [-0.25, -0.2) is 14.7 Å². The van der Waals surface area contributed by atoms with E-state index in [-0.39, 0.29) is 28.0 Å². The van der Waals surface area contributed by atoms with Crippen LogP contribution in [0.2, 0.25) is 0 Å². The fourth-order valence-electron chi connectivity index (χ4n) is 2.99. The van der Waals surface area contributed by atoms with Crippen LogP contribution in [-0.4, -0.2) is 25.3 Å². The van der Waals surface area contributed by atoms with Crippen molar-refractivity contribution in [1.29, 1.82) is 0 Å². The molecular weight excluding hydrogens is 411 g/mol. The number of phenols is 1. The Labute approximate surface area is 180 Å². The van der Waals surface area contributed by atoms with E-state index in [0.29, 0.717) is 22.6 Å². The third kappa shape index (κ3) is 4.87. The van der Waals surface area contributed by atoms with Crippen LogP contribution in [-0.2, 0) is 23.5 Å². The van der Waals surface area contributed by atoms with Crippen molar-refractivity contribution >= 4 is 17.1 Å². The number of aliphatic hydroxyl groups is 1. The van der Waals surface area contributed by atoms with Gasteiger partial charge in [0.25, 0.3) is 0 Å². The molecule has 0 aliphatic rings. The van der Waals surface area contributed by atoms with E-state index in [9.17, 15) is 10.2 Å². The molecule has 154 valence electrons. The second-order valence-electron chi connectivity index (χ2n) is 6.57. The van der Waals surface area contributed by atoms with E-state index in [1.54, 1.807) is 31.2 Å². The number of rotatable bonds is 4. The summed E-state index contributed by atoms with van der Waals surface area (Å²) in [4.78, 5) is 9.43. The van der Waals surface area contributed by atoms with Gasteiger partial charge in [0.2, 0.25) is 0 Å². The summed E-state index contributed by atoms with van der Waals surface area (Å²) in [5.74, 6) is 0.284. The minimum Gasteiger partial charge on any atom is -0.513 e. The largest absolute Gasteiger partial charge is 0.513 e. The molecule has 7 heteroatoms. The molecule has 2 N–H and O–H groups in total. The minimum atomic E-state index is 0. The van der Waals surface area contributed by atoms with Crippen molar-refractivity contribution in [1.82, 2.24) is 9.36 Å². The number of aliphatic imine (C=N–C) groups is 1. The van der Waals surface area contributed by atoms with Gasteiger partial charge in [-0.3, -0.25) is 4.68 Å². The Morgan fingerprint density at radius 1 is 1.00 bits per heavy atom. The maximum absolute atomic E-state index is 10.2. The molecule has 2 aromatic carbocycles. The first-order chi connectivity index (χ1) is 13.4. The topological polar surface area (TPSA) is 75.0 Å². The van der Waals surface area contributed by atoms with Crippen LogP contribution in [0.15, 0.2) is 76.4 Å². The first-order valence-electron chi connectivity index (χ1n) is 8.98. The molecule has 0 atom stereocenters. The molecule has 0 saturated heterocycles. The van der Waals surface area contributed by atoms with E-state index in [0.717, 1.165) is 11.4 Å². The number of aliphatic hydroxyl groups excluding tert-OH is 1. The quantitative estimate of drug-likeness (QED) is 0.357. The van der Waals surface area contributed by atoms with Crippen molar-refractivity contribution in [3.8, 4) is 11.4 Å². The van der Waals surface area contributed by atoms with Gasteiger partial charge in [-0.1, -0.05) is 30.3 Å². The molecule has 0 fully saturated rings. The molecule has 29 heavy (non-hydrogen) atoms. The van der Waals surface area contributed by atoms with Crippen molar-refractivity contribution < 1.29 is 26.7 Å². The van der Waals surface area contributed by atoms with E-state index in [4.69, 9.17) is 9.98 Å². The molecule has 0 aliphatic heterocycles. The third-order valence-corrected chi connectivity index (χ3v) is 4.36. The van der Waals surface area contributed by atoms with Gasteiger partial charge < -0.3 is 10.2 Å². The SMILES string of the molecule is CC(/C=C(/C)O)=Nc1c(C)n(C)n(-c2ccccc2)c1=Nc1ccccc1O.[Ni]. The second kappa shape index (κ2) is 9.44. The molecule has 0 amide bonds. The van der Waals surface area contributed by atoms with E-state index in [2.05, 4.69) is 0 Å². The zero-order valence-corrected chi connectivity index (χ0v) is 17.8.